The van der Waals surface area contributed by atoms with E-state index in [9.17, 15) is 4.39 Å². The van der Waals surface area contributed by atoms with Gasteiger partial charge in [0.15, 0.2) is 0 Å². The Morgan fingerprint density at radius 2 is 2.07 bits per heavy atom. The summed E-state index contributed by atoms with van der Waals surface area (Å²) in [4.78, 5) is 16.7. The normalized spacial score (nSPS) is 12.1. The monoisotopic (exact) mass is 385 g/mol. The fourth-order valence-corrected chi connectivity index (χ4v) is 2.92. The molecule has 28 heavy (non-hydrogen) atoms. The van der Waals surface area contributed by atoms with Gasteiger partial charge in [-0.1, -0.05) is 0 Å². The van der Waals surface area contributed by atoms with Crippen LogP contribution in [0.15, 0.2) is 24.5 Å². The van der Waals surface area contributed by atoms with Gasteiger partial charge in [0.25, 0.3) is 0 Å². The summed E-state index contributed by atoms with van der Waals surface area (Å²) in [6.45, 7) is 5.02. The Kier molecular flexibility index (Phi) is 6.15. The highest BCUT2D eigenvalue weighted by Gasteiger charge is 2.16. The molecule has 2 heterocycles. The van der Waals surface area contributed by atoms with Crippen molar-refractivity contribution >= 4 is 28.6 Å². The number of pyridine rings is 1. The molecule has 3 rings (SSSR count). The van der Waals surface area contributed by atoms with Crippen molar-refractivity contribution in [1.82, 2.24) is 19.9 Å². The first-order chi connectivity index (χ1) is 13.5. The smallest absolute Gasteiger partial charge is 0.227 e. The molecule has 8 nitrogen and oxygen atoms in total. The molecule has 0 saturated carbocycles. The van der Waals surface area contributed by atoms with Gasteiger partial charge in [0.1, 0.15) is 18.0 Å². The number of nitrogen functional groups attached to an aromatic ring is 1. The van der Waals surface area contributed by atoms with E-state index in [0.29, 0.717) is 36.0 Å². The summed E-state index contributed by atoms with van der Waals surface area (Å²) in [5.41, 5.74) is 7.70. The molecule has 0 saturated heterocycles. The van der Waals surface area contributed by atoms with Crippen LogP contribution in [0.4, 0.5) is 22.1 Å². The van der Waals surface area contributed by atoms with Crippen LogP contribution in [0.3, 0.4) is 0 Å². The van der Waals surface area contributed by atoms with Gasteiger partial charge in [-0.2, -0.15) is 4.98 Å². The first-order valence-electron chi connectivity index (χ1n) is 9.03. The first-order valence-corrected chi connectivity index (χ1v) is 9.03. The number of benzene rings is 1. The molecule has 1 aromatic carbocycles. The molecule has 0 aliphatic carbocycles. The first kappa shape index (κ1) is 19.7. The van der Waals surface area contributed by atoms with Crippen LogP contribution in [0.2, 0.25) is 0 Å². The second kappa shape index (κ2) is 8.75. The molecule has 0 spiro atoms. The third-order valence-corrected chi connectivity index (χ3v) is 4.42. The van der Waals surface area contributed by atoms with E-state index in [1.165, 1.54) is 12.4 Å². The number of aryl methyl sites for hydroxylation is 1. The maximum Gasteiger partial charge on any atom is 0.227 e. The van der Waals surface area contributed by atoms with Crippen LogP contribution >= 0.6 is 0 Å². The zero-order chi connectivity index (χ0) is 20.1. The van der Waals surface area contributed by atoms with Crippen molar-refractivity contribution in [1.29, 1.82) is 0 Å². The van der Waals surface area contributed by atoms with Gasteiger partial charge < -0.3 is 21.1 Å². The lowest BCUT2D eigenvalue weighted by Gasteiger charge is -2.19. The zero-order valence-electron chi connectivity index (χ0n) is 16.2. The van der Waals surface area contributed by atoms with Crippen molar-refractivity contribution in [3.63, 3.8) is 0 Å². The summed E-state index contributed by atoms with van der Waals surface area (Å²) in [6.07, 6.45) is 2.18. The highest BCUT2D eigenvalue weighted by molar-refractivity contribution is 5.85. The number of hydrogen-bond donors (Lipinski definition) is 3. The predicted octanol–water partition coefficient (Wildman–Crippen LogP) is 3.07. The second-order valence-corrected chi connectivity index (χ2v) is 6.48. The van der Waals surface area contributed by atoms with Gasteiger partial charge in [-0.05, 0) is 38.5 Å². The highest BCUT2D eigenvalue weighted by Crippen LogP contribution is 2.29. The van der Waals surface area contributed by atoms with E-state index < -0.39 is 0 Å². The summed E-state index contributed by atoms with van der Waals surface area (Å²) < 4.78 is 19.1. The fraction of sp³-hybridized carbons (Fsp3) is 0.368. The number of nitrogens with one attached hydrogen (secondary N) is 2. The highest BCUT2D eigenvalue weighted by atomic mass is 19.1. The quantitative estimate of drug-likeness (QED) is 0.507. The number of aromatic nitrogens is 4. The Morgan fingerprint density at radius 3 is 2.82 bits per heavy atom. The molecule has 2 aromatic heterocycles. The second-order valence-electron chi connectivity index (χ2n) is 6.48. The van der Waals surface area contributed by atoms with Crippen LogP contribution < -0.4 is 16.4 Å². The molecular weight excluding hydrogens is 361 g/mol. The van der Waals surface area contributed by atoms with E-state index in [1.54, 1.807) is 20.1 Å². The molecule has 148 valence electrons. The Bertz CT molecular complexity index is 966. The van der Waals surface area contributed by atoms with E-state index in [1.807, 2.05) is 13.0 Å². The van der Waals surface area contributed by atoms with Crippen LogP contribution in [0, 0.1) is 12.7 Å². The van der Waals surface area contributed by atoms with Gasteiger partial charge in [-0.15, -0.1) is 0 Å². The molecule has 0 radical (unpaired) electrons. The molecule has 0 bridgehead atoms. The Hall–Kier alpha value is -3.07. The van der Waals surface area contributed by atoms with Crippen molar-refractivity contribution in [3.8, 4) is 0 Å². The molecular formula is C19H24FN7O. The van der Waals surface area contributed by atoms with Gasteiger partial charge in [-0.25, -0.2) is 19.3 Å². The van der Waals surface area contributed by atoms with E-state index in [4.69, 9.17) is 15.5 Å². The lowest BCUT2D eigenvalue weighted by Crippen LogP contribution is -2.15. The summed E-state index contributed by atoms with van der Waals surface area (Å²) in [5, 5.41) is 7.41. The lowest BCUT2D eigenvalue weighted by atomic mass is 10.0. The number of hydrogen-bond acceptors (Lipinski definition) is 8. The SMILES string of the molecule is COCCCNc1nc2c(C)c(F)ccc2cc1[C@H](C)Nc1ncnc(N)n1. The standard InChI is InChI=1S/C19H24FN7O/c1-11-15(20)6-5-13-9-14(12(2)25-19-24-10-23-18(21)27-19)17(26-16(11)13)22-7-4-8-28-3/h5-6,9-10,12H,4,7-8H2,1-3H3,(H,22,26)(H3,21,23,24,25,27)/t12-/m0/s1. The van der Waals surface area contributed by atoms with Gasteiger partial charge in [-0.3, -0.25) is 0 Å². The van der Waals surface area contributed by atoms with E-state index in [-0.39, 0.29) is 17.8 Å². The number of anilines is 3. The third-order valence-electron chi connectivity index (χ3n) is 4.42. The molecule has 9 heteroatoms. The van der Waals surface area contributed by atoms with Crippen molar-refractivity contribution in [2.75, 3.05) is 36.6 Å². The Balaban J connectivity index is 1.96. The molecule has 0 unspecified atom stereocenters. The van der Waals surface area contributed by atoms with Crippen LogP contribution in [0.5, 0.6) is 0 Å². The number of fused-ring (bicyclic) bond motifs is 1. The van der Waals surface area contributed by atoms with E-state index >= 15 is 0 Å². The molecule has 0 fully saturated rings. The van der Waals surface area contributed by atoms with Gasteiger partial charge in [0.05, 0.1) is 11.6 Å². The predicted molar refractivity (Wildman–Crippen MR) is 108 cm³/mol. The van der Waals surface area contributed by atoms with Crippen LogP contribution in [-0.4, -0.2) is 40.2 Å². The molecule has 0 amide bonds. The number of rotatable bonds is 8. The summed E-state index contributed by atoms with van der Waals surface area (Å²) >= 11 is 0. The molecule has 3 aromatic rings. The fourth-order valence-electron chi connectivity index (χ4n) is 2.92. The number of halogens is 1. The Labute approximate surface area is 162 Å². The Morgan fingerprint density at radius 1 is 1.25 bits per heavy atom. The average molecular weight is 385 g/mol. The summed E-state index contributed by atoms with van der Waals surface area (Å²) in [5.74, 6) is 0.926. The maximum absolute atomic E-state index is 14.0. The third kappa shape index (κ3) is 4.42. The number of nitrogens with two attached hydrogens (primary N) is 1. The topological polar surface area (TPSA) is 111 Å². The maximum atomic E-state index is 14.0. The van der Waals surface area contributed by atoms with Crippen molar-refractivity contribution in [2.45, 2.75) is 26.3 Å². The number of ether oxygens (including phenoxy) is 1. The van der Waals surface area contributed by atoms with Crippen LogP contribution in [0.25, 0.3) is 10.9 Å². The number of methoxy groups -OCH3 is 1. The van der Waals surface area contributed by atoms with Crippen molar-refractivity contribution < 1.29 is 9.13 Å². The van der Waals surface area contributed by atoms with Gasteiger partial charge in [0.2, 0.25) is 11.9 Å². The van der Waals surface area contributed by atoms with E-state index in [0.717, 1.165) is 17.4 Å². The number of nitrogens with zero attached hydrogens (tertiary/aromatic N) is 4. The van der Waals surface area contributed by atoms with E-state index in [2.05, 4.69) is 25.6 Å². The lowest BCUT2D eigenvalue weighted by molar-refractivity contribution is 0.197. The molecule has 1 atom stereocenters. The minimum absolute atomic E-state index is 0.144. The summed E-state index contributed by atoms with van der Waals surface area (Å²) in [7, 11) is 1.66. The van der Waals surface area contributed by atoms with Gasteiger partial charge in [0, 0.05) is 36.8 Å². The van der Waals surface area contributed by atoms with Crippen LogP contribution in [-0.2, 0) is 4.74 Å². The average Bonchev–Trinajstić information content (AvgIpc) is 2.68. The van der Waals surface area contributed by atoms with Gasteiger partial charge >= 0.3 is 0 Å². The zero-order valence-corrected chi connectivity index (χ0v) is 16.2. The minimum Gasteiger partial charge on any atom is -0.385 e. The minimum atomic E-state index is -0.273. The molecule has 0 aliphatic heterocycles. The molecule has 0 aliphatic rings. The largest absolute Gasteiger partial charge is 0.385 e. The van der Waals surface area contributed by atoms with Crippen LogP contribution in [0.1, 0.15) is 30.5 Å². The summed E-state index contributed by atoms with van der Waals surface area (Å²) in [6, 6.07) is 5.01. The van der Waals surface area contributed by atoms with Crippen molar-refractivity contribution in [2.24, 2.45) is 0 Å². The molecule has 4 N–H and O–H groups in total. The van der Waals surface area contributed by atoms with Crippen molar-refractivity contribution in [3.05, 3.63) is 41.5 Å².